The molecule has 0 aliphatic carbocycles. The Bertz CT molecular complexity index is 842. The summed E-state index contributed by atoms with van der Waals surface area (Å²) in [6.45, 7) is 3.37. The largest absolute Gasteiger partial charge is 0.497 e. The van der Waals surface area contributed by atoms with E-state index in [4.69, 9.17) is 9.84 Å². The molecule has 0 saturated heterocycles. The molecule has 2 rings (SSSR count). The molecular formula is C18H19F3N2O4. The smallest absolute Gasteiger partial charge is 0.391 e. The topological polar surface area (TPSA) is 80.6 Å². The van der Waals surface area contributed by atoms with Crippen LogP contribution in [0.25, 0.3) is 5.69 Å². The van der Waals surface area contributed by atoms with E-state index in [9.17, 15) is 22.8 Å². The molecule has 2 aromatic rings. The van der Waals surface area contributed by atoms with Gasteiger partial charge < -0.3 is 19.7 Å². The lowest BCUT2D eigenvalue weighted by Gasteiger charge is -2.16. The number of aliphatic carboxylic acids is 1. The van der Waals surface area contributed by atoms with Crippen molar-refractivity contribution >= 4 is 11.9 Å². The highest BCUT2D eigenvalue weighted by Gasteiger charge is 2.36. The highest BCUT2D eigenvalue weighted by Crippen LogP contribution is 2.24. The normalized spacial score (nSPS) is 12.5. The van der Waals surface area contributed by atoms with Crippen LogP contribution in [0.5, 0.6) is 5.75 Å². The fourth-order valence-corrected chi connectivity index (χ4v) is 2.79. The van der Waals surface area contributed by atoms with Gasteiger partial charge in [-0.15, -0.1) is 0 Å². The number of amides is 1. The van der Waals surface area contributed by atoms with E-state index in [1.807, 2.05) is 5.32 Å². The van der Waals surface area contributed by atoms with Gasteiger partial charge in [0.15, 0.2) is 0 Å². The zero-order chi connectivity index (χ0) is 20.4. The van der Waals surface area contributed by atoms with Gasteiger partial charge in [-0.3, -0.25) is 4.79 Å². The van der Waals surface area contributed by atoms with Crippen LogP contribution in [-0.2, 0) is 4.79 Å². The minimum atomic E-state index is -4.71. The maximum atomic E-state index is 12.5. The molecule has 6 nitrogen and oxygen atoms in total. The van der Waals surface area contributed by atoms with Crippen LogP contribution in [0.15, 0.2) is 30.3 Å². The zero-order valence-electron chi connectivity index (χ0n) is 14.9. The van der Waals surface area contributed by atoms with Crippen molar-refractivity contribution < 1.29 is 32.6 Å². The summed E-state index contributed by atoms with van der Waals surface area (Å²) in [5.74, 6) is -1.97. The van der Waals surface area contributed by atoms with Crippen molar-refractivity contribution in [2.75, 3.05) is 7.11 Å². The molecule has 0 radical (unpaired) electrons. The molecule has 0 aliphatic heterocycles. The van der Waals surface area contributed by atoms with Crippen LogP contribution in [0.2, 0.25) is 0 Å². The number of aryl methyl sites for hydroxylation is 1. The highest BCUT2D eigenvalue weighted by atomic mass is 19.4. The van der Waals surface area contributed by atoms with Gasteiger partial charge in [-0.2, -0.15) is 13.2 Å². The Kier molecular flexibility index (Phi) is 5.82. The molecule has 1 aromatic heterocycles. The van der Waals surface area contributed by atoms with Crippen molar-refractivity contribution in [2.24, 2.45) is 0 Å². The Balaban J connectivity index is 2.30. The fraction of sp³-hybridized carbons (Fsp3) is 0.333. The number of nitrogens with zero attached hydrogens (tertiary/aromatic N) is 1. The summed E-state index contributed by atoms with van der Waals surface area (Å²) >= 11 is 0. The molecule has 0 aliphatic rings. The van der Waals surface area contributed by atoms with Crippen LogP contribution >= 0.6 is 0 Å². The second-order valence-electron chi connectivity index (χ2n) is 6.00. The number of nitrogens with one attached hydrogen (secondary N) is 1. The number of ether oxygens (including phenoxy) is 1. The van der Waals surface area contributed by atoms with E-state index in [-0.39, 0.29) is 5.56 Å². The number of carboxylic acids is 1. The summed E-state index contributed by atoms with van der Waals surface area (Å²) in [4.78, 5) is 23.4. The second kappa shape index (κ2) is 7.73. The van der Waals surface area contributed by atoms with E-state index in [1.54, 1.807) is 42.7 Å². The number of rotatable bonds is 6. The summed E-state index contributed by atoms with van der Waals surface area (Å²) < 4.78 is 44.4. The molecule has 1 atom stereocenters. The molecule has 1 heterocycles. The number of benzene rings is 1. The van der Waals surface area contributed by atoms with Crippen molar-refractivity contribution in [1.82, 2.24) is 9.88 Å². The van der Waals surface area contributed by atoms with Gasteiger partial charge in [-0.1, -0.05) is 0 Å². The van der Waals surface area contributed by atoms with Gasteiger partial charge in [-0.05, 0) is 44.2 Å². The molecule has 2 N–H and O–H groups in total. The number of halogens is 3. The number of carbonyl (C=O) groups excluding carboxylic acids is 1. The third-order valence-corrected chi connectivity index (χ3v) is 4.05. The molecule has 9 heteroatoms. The summed E-state index contributed by atoms with van der Waals surface area (Å²) in [5.41, 5.74) is 1.99. The molecule has 27 heavy (non-hydrogen) atoms. The first kappa shape index (κ1) is 20.3. The molecule has 0 spiro atoms. The van der Waals surface area contributed by atoms with E-state index in [2.05, 4.69) is 0 Å². The number of hydrogen-bond acceptors (Lipinski definition) is 3. The predicted molar refractivity (Wildman–Crippen MR) is 91.4 cm³/mol. The van der Waals surface area contributed by atoms with E-state index < -0.39 is 30.5 Å². The quantitative estimate of drug-likeness (QED) is 0.801. The number of carboxylic acid groups (broad SMARTS) is 1. The fourth-order valence-electron chi connectivity index (χ4n) is 2.79. The van der Waals surface area contributed by atoms with Crippen molar-refractivity contribution in [3.05, 3.63) is 47.3 Å². The number of methoxy groups -OCH3 is 1. The van der Waals surface area contributed by atoms with Crippen LogP contribution in [-0.4, -0.2) is 40.9 Å². The number of carbonyl (C=O) groups is 2. The summed E-state index contributed by atoms with van der Waals surface area (Å²) in [7, 11) is 1.53. The van der Waals surface area contributed by atoms with Gasteiger partial charge in [0.1, 0.15) is 11.8 Å². The number of hydrogen-bond donors (Lipinski definition) is 2. The van der Waals surface area contributed by atoms with Gasteiger partial charge in [0.2, 0.25) is 0 Å². The van der Waals surface area contributed by atoms with Crippen LogP contribution in [0.3, 0.4) is 0 Å². The molecule has 0 fully saturated rings. The third-order valence-electron chi connectivity index (χ3n) is 4.05. The molecule has 146 valence electrons. The third kappa shape index (κ3) is 4.81. The van der Waals surface area contributed by atoms with Gasteiger partial charge in [0.05, 0.1) is 19.1 Å². The number of alkyl halides is 3. The SMILES string of the molecule is COc1ccc(-n2c(C)cc(C(=O)NC(CC(F)(F)F)C(=O)O)c2C)cc1. The molecular weight excluding hydrogens is 365 g/mol. The van der Waals surface area contributed by atoms with Crippen LogP contribution in [0, 0.1) is 13.8 Å². The van der Waals surface area contributed by atoms with E-state index in [0.717, 1.165) is 5.69 Å². The lowest BCUT2D eigenvalue weighted by Crippen LogP contribution is -2.43. The minimum absolute atomic E-state index is 0.108. The average Bonchev–Trinajstić information content (AvgIpc) is 2.87. The van der Waals surface area contributed by atoms with Crippen LogP contribution < -0.4 is 10.1 Å². The first-order valence-electron chi connectivity index (χ1n) is 7.97. The molecule has 1 unspecified atom stereocenters. The van der Waals surface area contributed by atoms with Crippen molar-refractivity contribution in [1.29, 1.82) is 0 Å². The summed E-state index contributed by atoms with van der Waals surface area (Å²) in [6, 6.07) is 6.45. The summed E-state index contributed by atoms with van der Waals surface area (Å²) in [6.07, 6.45) is -6.36. The second-order valence-corrected chi connectivity index (χ2v) is 6.00. The van der Waals surface area contributed by atoms with Gasteiger partial charge in [0.25, 0.3) is 5.91 Å². The Morgan fingerprint density at radius 1 is 1.22 bits per heavy atom. The zero-order valence-corrected chi connectivity index (χ0v) is 14.9. The van der Waals surface area contributed by atoms with E-state index >= 15 is 0 Å². The van der Waals surface area contributed by atoms with E-state index in [0.29, 0.717) is 17.1 Å². The lowest BCUT2D eigenvalue weighted by molar-refractivity contribution is -0.157. The average molecular weight is 384 g/mol. The first-order chi connectivity index (χ1) is 12.5. The molecule has 0 bridgehead atoms. The Morgan fingerprint density at radius 2 is 1.81 bits per heavy atom. The van der Waals surface area contributed by atoms with Crippen molar-refractivity contribution in [2.45, 2.75) is 32.5 Å². The molecule has 1 aromatic carbocycles. The minimum Gasteiger partial charge on any atom is -0.497 e. The van der Waals surface area contributed by atoms with Crippen LogP contribution in [0.1, 0.15) is 28.2 Å². The van der Waals surface area contributed by atoms with E-state index in [1.165, 1.54) is 13.2 Å². The van der Waals surface area contributed by atoms with Gasteiger partial charge >= 0.3 is 12.1 Å². The Morgan fingerprint density at radius 3 is 2.30 bits per heavy atom. The van der Waals surface area contributed by atoms with Crippen molar-refractivity contribution in [3.8, 4) is 11.4 Å². The standard InChI is InChI=1S/C18H19F3N2O4/c1-10-8-14(16(24)22-15(17(25)26)9-18(19,20)21)11(2)23(10)12-4-6-13(27-3)7-5-12/h4-8,15H,9H2,1-3H3,(H,22,24)(H,25,26). The van der Waals surface area contributed by atoms with Gasteiger partial charge in [-0.25, -0.2) is 4.79 Å². The summed E-state index contributed by atoms with van der Waals surface area (Å²) in [5, 5.41) is 10.9. The number of aromatic nitrogens is 1. The Hall–Kier alpha value is -2.97. The van der Waals surface area contributed by atoms with Gasteiger partial charge in [0, 0.05) is 17.1 Å². The first-order valence-corrected chi connectivity index (χ1v) is 7.97. The molecule has 1 amide bonds. The maximum Gasteiger partial charge on any atom is 0.391 e. The van der Waals surface area contributed by atoms with Crippen molar-refractivity contribution in [3.63, 3.8) is 0 Å². The van der Waals surface area contributed by atoms with Crippen LogP contribution in [0.4, 0.5) is 13.2 Å². The maximum absolute atomic E-state index is 12.5. The Labute approximate surface area is 153 Å². The molecule has 0 saturated carbocycles. The lowest BCUT2D eigenvalue weighted by atomic mass is 10.1. The predicted octanol–water partition coefficient (Wildman–Crippen LogP) is 3.24. The highest BCUT2D eigenvalue weighted by molar-refractivity contribution is 5.98. The monoisotopic (exact) mass is 384 g/mol.